The summed E-state index contributed by atoms with van der Waals surface area (Å²) in [5, 5.41) is 2.92. The zero-order chi connectivity index (χ0) is 20.3. The van der Waals surface area contributed by atoms with Crippen LogP contribution in [0.4, 0.5) is 5.69 Å². The van der Waals surface area contributed by atoms with Gasteiger partial charge in [0.05, 0.1) is 23.9 Å². The number of aliphatic imine (C=N–C) groups is 1. The van der Waals surface area contributed by atoms with Crippen LogP contribution in [0.3, 0.4) is 0 Å². The maximum absolute atomic E-state index is 12.6. The van der Waals surface area contributed by atoms with Gasteiger partial charge in [-0.15, -0.1) is 0 Å². The van der Waals surface area contributed by atoms with Gasteiger partial charge < -0.3 is 9.88 Å². The van der Waals surface area contributed by atoms with E-state index in [1.807, 2.05) is 71.6 Å². The summed E-state index contributed by atoms with van der Waals surface area (Å²) >= 11 is 0. The quantitative estimate of drug-likeness (QED) is 0.513. The van der Waals surface area contributed by atoms with Gasteiger partial charge in [0.2, 0.25) is 5.96 Å². The van der Waals surface area contributed by atoms with E-state index >= 15 is 0 Å². The fraction of sp³-hybridized carbons (Fsp3) is 0.0417. The molecular weight excluding hydrogens is 374 g/mol. The number of imidazole rings is 1. The van der Waals surface area contributed by atoms with E-state index in [0.717, 1.165) is 27.8 Å². The number of amides is 1. The summed E-state index contributed by atoms with van der Waals surface area (Å²) in [5.41, 5.74) is 5.13. The molecule has 146 valence electrons. The van der Waals surface area contributed by atoms with Gasteiger partial charge in [0.25, 0.3) is 5.91 Å². The van der Waals surface area contributed by atoms with Crippen LogP contribution in [0.25, 0.3) is 17.1 Å². The summed E-state index contributed by atoms with van der Waals surface area (Å²) in [5.74, 6) is 0.295. The lowest BCUT2D eigenvalue weighted by Crippen LogP contribution is -2.40. The van der Waals surface area contributed by atoms with Crippen LogP contribution in [-0.4, -0.2) is 21.8 Å². The number of benzene rings is 3. The number of nitrogens with zero attached hydrogens (tertiary/aromatic N) is 3. The number of aromatic amines is 1. The van der Waals surface area contributed by atoms with Crippen molar-refractivity contribution < 1.29 is 4.79 Å². The van der Waals surface area contributed by atoms with Crippen molar-refractivity contribution in [1.29, 1.82) is 0 Å². The van der Waals surface area contributed by atoms with Crippen LogP contribution in [0, 0.1) is 0 Å². The Balaban J connectivity index is 1.50. The van der Waals surface area contributed by atoms with Crippen molar-refractivity contribution in [2.45, 2.75) is 6.54 Å². The zero-order valence-electron chi connectivity index (χ0n) is 16.1. The van der Waals surface area contributed by atoms with Gasteiger partial charge in [-0.25, -0.2) is 9.98 Å². The zero-order valence-corrected chi connectivity index (χ0v) is 16.1. The molecule has 30 heavy (non-hydrogen) atoms. The summed E-state index contributed by atoms with van der Waals surface area (Å²) < 4.78 is 0. The molecule has 2 N–H and O–H groups in total. The lowest BCUT2D eigenvalue weighted by atomic mass is 10.1. The normalized spacial score (nSPS) is 14.7. The van der Waals surface area contributed by atoms with Gasteiger partial charge in [-0.2, -0.15) is 0 Å². The highest BCUT2D eigenvalue weighted by Gasteiger charge is 2.25. The molecule has 0 aliphatic carbocycles. The molecule has 0 saturated heterocycles. The summed E-state index contributed by atoms with van der Waals surface area (Å²) in [7, 11) is 0. The van der Waals surface area contributed by atoms with Crippen LogP contribution >= 0.6 is 0 Å². The average molecular weight is 393 g/mol. The van der Waals surface area contributed by atoms with Gasteiger partial charge in [-0.3, -0.25) is 10.1 Å². The third kappa shape index (κ3) is 3.58. The molecule has 0 fully saturated rings. The van der Waals surface area contributed by atoms with E-state index < -0.39 is 0 Å². The molecule has 0 saturated carbocycles. The lowest BCUT2D eigenvalue weighted by Gasteiger charge is -2.24. The highest BCUT2D eigenvalue weighted by atomic mass is 16.2. The maximum Gasteiger partial charge on any atom is 0.276 e. The molecule has 0 spiro atoms. The number of anilines is 1. The van der Waals surface area contributed by atoms with Gasteiger partial charge in [0, 0.05) is 5.69 Å². The molecule has 1 aliphatic heterocycles. The first-order chi connectivity index (χ1) is 14.8. The third-order valence-corrected chi connectivity index (χ3v) is 4.94. The van der Waals surface area contributed by atoms with Gasteiger partial charge >= 0.3 is 0 Å². The summed E-state index contributed by atoms with van der Waals surface area (Å²) in [4.78, 5) is 26.6. The van der Waals surface area contributed by atoms with Crippen molar-refractivity contribution in [2.24, 2.45) is 4.99 Å². The SMILES string of the molecule is O=C1NC(N(Cc2ccccc2)c2ccccc2)=N/C1=C\c1ccc2[nH]cnc2c1. The monoisotopic (exact) mass is 393 g/mol. The van der Waals surface area contributed by atoms with Crippen molar-refractivity contribution in [3.63, 3.8) is 0 Å². The number of para-hydroxylation sites is 1. The predicted molar refractivity (Wildman–Crippen MR) is 119 cm³/mol. The van der Waals surface area contributed by atoms with Crippen molar-refractivity contribution in [3.05, 3.63) is 102 Å². The van der Waals surface area contributed by atoms with Crippen LogP contribution in [0.5, 0.6) is 0 Å². The Labute approximate surface area is 173 Å². The summed E-state index contributed by atoms with van der Waals surface area (Å²) in [6.07, 6.45) is 3.43. The molecule has 1 amide bonds. The topological polar surface area (TPSA) is 73.4 Å². The Hall–Kier alpha value is -4.19. The minimum atomic E-state index is -0.221. The molecule has 5 rings (SSSR count). The molecule has 0 radical (unpaired) electrons. The van der Waals surface area contributed by atoms with E-state index in [1.54, 1.807) is 12.4 Å². The minimum Gasteiger partial charge on any atom is -0.345 e. The van der Waals surface area contributed by atoms with Gasteiger partial charge in [0.15, 0.2) is 0 Å². The second-order valence-corrected chi connectivity index (χ2v) is 7.01. The Kier molecular flexibility index (Phi) is 4.57. The van der Waals surface area contributed by atoms with E-state index in [4.69, 9.17) is 0 Å². The van der Waals surface area contributed by atoms with Crippen LogP contribution in [0.1, 0.15) is 11.1 Å². The Bertz CT molecular complexity index is 1260. The molecule has 3 aromatic carbocycles. The molecule has 4 aromatic rings. The Morgan fingerprint density at radius 3 is 2.50 bits per heavy atom. The number of carbonyl (C=O) groups excluding carboxylic acids is 1. The number of hydrogen-bond donors (Lipinski definition) is 2. The van der Waals surface area contributed by atoms with Crippen molar-refractivity contribution >= 4 is 34.7 Å². The van der Waals surface area contributed by atoms with Crippen LogP contribution in [0.15, 0.2) is 95.9 Å². The highest BCUT2D eigenvalue weighted by Crippen LogP contribution is 2.22. The first kappa shape index (κ1) is 17.9. The number of aromatic nitrogens is 2. The fourth-order valence-electron chi connectivity index (χ4n) is 3.44. The molecule has 0 atom stereocenters. The largest absolute Gasteiger partial charge is 0.345 e. The second kappa shape index (κ2) is 7.67. The van der Waals surface area contributed by atoms with Crippen LogP contribution < -0.4 is 10.2 Å². The van der Waals surface area contributed by atoms with Crippen LogP contribution in [0.2, 0.25) is 0 Å². The van der Waals surface area contributed by atoms with E-state index in [-0.39, 0.29) is 5.91 Å². The van der Waals surface area contributed by atoms with E-state index in [9.17, 15) is 4.79 Å². The smallest absolute Gasteiger partial charge is 0.276 e. The number of guanidine groups is 1. The fourth-order valence-corrected chi connectivity index (χ4v) is 3.44. The first-order valence-corrected chi connectivity index (χ1v) is 9.68. The number of hydrogen-bond acceptors (Lipinski definition) is 4. The molecule has 6 nitrogen and oxygen atoms in total. The van der Waals surface area contributed by atoms with E-state index in [2.05, 4.69) is 32.4 Å². The van der Waals surface area contributed by atoms with Gasteiger partial charge in [-0.1, -0.05) is 54.6 Å². The van der Waals surface area contributed by atoms with E-state index in [0.29, 0.717) is 18.2 Å². The van der Waals surface area contributed by atoms with Gasteiger partial charge in [-0.05, 0) is 41.5 Å². The highest BCUT2D eigenvalue weighted by molar-refractivity contribution is 6.18. The Morgan fingerprint density at radius 2 is 1.70 bits per heavy atom. The summed E-state index contributed by atoms with van der Waals surface area (Å²) in [6, 6.07) is 25.8. The predicted octanol–water partition coefficient (Wildman–Crippen LogP) is 4.10. The molecule has 0 unspecified atom stereocenters. The molecule has 2 heterocycles. The first-order valence-electron chi connectivity index (χ1n) is 9.68. The molecule has 1 aromatic heterocycles. The minimum absolute atomic E-state index is 0.221. The summed E-state index contributed by atoms with van der Waals surface area (Å²) in [6.45, 7) is 0.594. The maximum atomic E-state index is 12.6. The number of H-pyrrole nitrogens is 1. The van der Waals surface area contributed by atoms with Crippen molar-refractivity contribution in [2.75, 3.05) is 4.90 Å². The van der Waals surface area contributed by atoms with Gasteiger partial charge in [0.1, 0.15) is 5.70 Å². The second-order valence-electron chi connectivity index (χ2n) is 7.01. The van der Waals surface area contributed by atoms with Crippen LogP contribution in [-0.2, 0) is 11.3 Å². The number of nitrogens with one attached hydrogen (secondary N) is 2. The third-order valence-electron chi connectivity index (χ3n) is 4.94. The molecule has 6 heteroatoms. The van der Waals surface area contributed by atoms with Crippen molar-refractivity contribution in [1.82, 2.24) is 15.3 Å². The molecule has 1 aliphatic rings. The molecular formula is C24H19N5O. The number of rotatable bonds is 4. The number of carbonyl (C=O) groups is 1. The molecule has 0 bridgehead atoms. The average Bonchev–Trinajstić information content (AvgIpc) is 3.39. The standard InChI is InChI=1S/C24H19N5O/c30-23-22(14-18-11-12-20-21(13-18)26-16-25-20)27-24(28-23)29(19-9-5-2-6-10-19)15-17-7-3-1-4-8-17/h1-14,16H,15H2,(H,25,26)(H,27,28,30)/b22-14-. The Morgan fingerprint density at radius 1 is 0.933 bits per heavy atom. The lowest BCUT2D eigenvalue weighted by molar-refractivity contribution is -0.115. The van der Waals surface area contributed by atoms with Crippen molar-refractivity contribution in [3.8, 4) is 0 Å². The number of fused-ring (bicyclic) bond motifs is 1. The van der Waals surface area contributed by atoms with E-state index in [1.165, 1.54) is 0 Å².